The smallest absolute Gasteiger partial charge is 0.263 e. The second-order valence-electron chi connectivity index (χ2n) is 8.56. The first kappa shape index (κ1) is 25.2. The molecule has 1 saturated heterocycles. The molecule has 1 aromatic carbocycles. The molecule has 2 unspecified atom stereocenters. The molecule has 6 nitrogen and oxygen atoms in total. The molecule has 2 atom stereocenters. The second kappa shape index (κ2) is 11.4. The molecule has 2 amide bonds. The number of likely N-dealkylation sites (tertiary alicyclic amines) is 1. The lowest BCUT2D eigenvalue weighted by Gasteiger charge is -2.37. The van der Waals surface area contributed by atoms with Gasteiger partial charge in [0.15, 0.2) is 6.10 Å². The number of ether oxygens (including phenoxy) is 1. The molecule has 0 aliphatic carbocycles. The Bertz CT molecular complexity index is 676. The van der Waals surface area contributed by atoms with Gasteiger partial charge in [0.2, 0.25) is 5.91 Å². The minimum absolute atomic E-state index is 0. The lowest BCUT2D eigenvalue weighted by molar-refractivity contribution is -0.142. The number of piperidine rings is 1. The molecule has 1 aliphatic rings. The van der Waals surface area contributed by atoms with Gasteiger partial charge in [0.1, 0.15) is 5.75 Å². The van der Waals surface area contributed by atoms with E-state index in [9.17, 15) is 9.59 Å². The summed E-state index contributed by atoms with van der Waals surface area (Å²) < 4.78 is 5.98. The van der Waals surface area contributed by atoms with E-state index in [-0.39, 0.29) is 35.7 Å². The van der Waals surface area contributed by atoms with E-state index in [2.05, 4.69) is 32.2 Å². The number of benzene rings is 1. The highest BCUT2D eigenvalue weighted by atomic mass is 35.5. The van der Waals surface area contributed by atoms with E-state index in [1.54, 1.807) is 6.92 Å². The minimum atomic E-state index is -0.574. The van der Waals surface area contributed by atoms with Crippen LogP contribution >= 0.6 is 12.4 Å². The molecule has 1 aromatic rings. The highest BCUT2D eigenvalue weighted by Crippen LogP contribution is 2.26. The quantitative estimate of drug-likeness (QED) is 0.703. The average Bonchev–Trinajstić information content (AvgIpc) is 2.66. The molecule has 29 heavy (non-hydrogen) atoms. The Morgan fingerprint density at radius 1 is 1.31 bits per heavy atom. The Morgan fingerprint density at radius 3 is 2.69 bits per heavy atom. The Kier molecular flexibility index (Phi) is 9.93. The summed E-state index contributed by atoms with van der Waals surface area (Å²) in [4.78, 5) is 26.6. The molecule has 0 radical (unpaired) electrons. The van der Waals surface area contributed by atoms with Crippen molar-refractivity contribution in [2.45, 2.75) is 70.9 Å². The highest BCUT2D eigenvalue weighted by Gasteiger charge is 2.31. The van der Waals surface area contributed by atoms with Crippen LogP contribution in [0.25, 0.3) is 0 Å². The van der Waals surface area contributed by atoms with Gasteiger partial charge in [-0.1, -0.05) is 32.9 Å². The zero-order valence-corrected chi connectivity index (χ0v) is 18.9. The van der Waals surface area contributed by atoms with Crippen LogP contribution in [0.15, 0.2) is 24.3 Å². The zero-order valence-electron chi connectivity index (χ0n) is 18.1. The lowest BCUT2D eigenvalue weighted by Crippen LogP contribution is -2.52. The normalized spacial score (nSPS) is 17.8. The van der Waals surface area contributed by atoms with Crippen molar-refractivity contribution < 1.29 is 14.3 Å². The minimum Gasteiger partial charge on any atom is -0.481 e. The summed E-state index contributed by atoms with van der Waals surface area (Å²) in [6.45, 7) is 9.75. The molecule has 164 valence electrons. The van der Waals surface area contributed by atoms with Gasteiger partial charge in [-0.05, 0) is 49.3 Å². The molecular weight excluding hydrogens is 390 g/mol. The van der Waals surface area contributed by atoms with Crippen LogP contribution < -0.4 is 15.8 Å². The third kappa shape index (κ3) is 7.52. The predicted molar refractivity (Wildman–Crippen MR) is 119 cm³/mol. The van der Waals surface area contributed by atoms with Crippen LogP contribution in [0.3, 0.4) is 0 Å². The monoisotopic (exact) mass is 425 g/mol. The molecule has 0 bridgehead atoms. The van der Waals surface area contributed by atoms with E-state index in [1.807, 2.05) is 23.1 Å². The summed E-state index contributed by atoms with van der Waals surface area (Å²) in [6.07, 6.45) is 2.66. The molecule has 1 aliphatic heterocycles. The molecule has 1 heterocycles. The number of halogens is 1. The fraction of sp³-hybridized carbons (Fsp3) is 0.636. The van der Waals surface area contributed by atoms with Gasteiger partial charge in [-0.25, -0.2) is 0 Å². The van der Waals surface area contributed by atoms with Crippen molar-refractivity contribution in [1.82, 2.24) is 10.2 Å². The largest absolute Gasteiger partial charge is 0.481 e. The molecule has 3 N–H and O–H groups in total. The molecule has 0 saturated carbocycles. The van der Waals surface area contributed by atoms with E-state index >= 15 is 0 Å². The van der Waals surface area contributed by atoms with E-state index in [1.165, 1.54) is 5.56 Å². The first-order chi connectivity index (χ1) is 13.2. The summed E-state index contributed by atoms with van der Waals surface area (Å²) in [7, 11) is 0. The Hall–Kier alpha value is -1.79. The van der Waals surface area contributed by atoms with E-state index in [4.69, 9.17) is 10.5 Å². The van der Waals surface area contributed by atoms with Crippen LogP contribution in [0.5, 0.6) is 5.75 Å². The summed E-state index contributed by atoms with van der Waals surface area (Å²) in [5.41, 5.74) is 6.61. The summed E-state index contributed by atoms with van der Waals surface area (Å²) in [5, 5.41) is 2.90. The lowest BCUT2D eigenvalue weighted by atomic mass is 9.87. The van der Waals surface area contributed by atoms with Crippen LogP contribution in [-0.2, 0) is 15.0 Å². The third-order valence-corrected chi connectivity index (χ3v) is 5.18. The number of carbonyl (C=O) groups is 2. The maximum absolute atomic E-state index is 13.0. The number of nitrogens with zero attached hydrogens (tertiary/aromatic N) is 1. The molecule has 1 fully saturated rings. The second-order valence-corrected chi connectivity index (χ2v) is 8.56. The van der Waals surface area contributed by atoms with Crippen molar-refractivity contribution in [3.63, 3.8) is 0 Å². The van der Waals surface area contributed by atoms with Gasteiger partial charge in [-0.2, -0.15) is 0 Å². The summed E-state index contributed by atoms with van der Waals surface area (Å²) >= 11 is 0. The van der Waals surface area contributed by atoms with Crippen molar-refractivity contribution in [3.05, 3.63) is 29.8 Å². The average molecular weight is 426 g/mol. The summed E-state index contributed by atoms with van der Waals surface area (Å²) in [5.74, 6) is 0.612. The number of amides is 2. The van der Waals surface area contributed by atoms with Gasteiger partial charge in [0, 0.05) is 32.1 Å². The van der Waals surface area contributed by atoms with Gasteiger partial charge < -0.3 is 20.7 Å². The van der Waals surface area contributed by atoms with Crippen molar-refractivity contribution >= 4 is 24.2 Å². The van der Waals surface area contributed by atoms with E-state index < -0.39 is 6.10 Å². The maximum atomic E-state index is 13.0. The van der Waals surface area contributed by atoms with Crippen LogP contribution in [-0.4, -0.2) is 48.5 Å². The van der Waals surface area contributed by atoms with Crippen molar-refractivity contribution in [2.24, 2.45) is 5.73 Å². The van der Waals surface area contributed by atoms with Crippen molar-refractivity contribution in [3.8, 4) is 5.75 Å². The standard InChI is InChI=1S/C22H35N3O3.ClH/c1-16(28-19-10-7-8-17(14-19)22(2,3)4)21(27)25-13-6-5-9-18(25)15-24-20(26)11-12-23;/h7-8,10,14,16,18H,5-6,9,11-13,15,23H2,1-4H3,(H,24,26);1H. The number of nitrogens with one attached hydrogen (secondary N) is 1. The predicted octanol–water partition coefficient (Wildman–Crippen LogP) is 3.02. The van der Waals surface area contributed by atoms with Crippen LogP contribution in [0.4, 0.5) is 0 Å². The Morgan fingerprint density at radius 2 is 2.03 bits per heavy atom. The van der Waals surface area contributed by atoms with Crippen LogP contribution in [0, 0.1) is 0 Å². The first-order valence-corrected chi connectivity index (χ1v) is 10.3. The number of carbonyl (C=O) groups excluding carboxylic acids is 2. The molecule has 0 spiro atoms. The topological polar surface area (TPSA) is 84.7 Å². The molecule has 0 aromatic heterocycles. The van der Waals surface area contributed by atoms with Crippen LogP contribution in [0.2, 0.25) is 0 Å². The first-order valence-electron chi connectivity index (χ1n) is 10.3. The maximum Gasteiger partial charge on any atom is 0.263 e. The van der Waals surface area contributed by atoms with E-state index in [0.29, 0.717) is 31.8 Å². The molecule has 7 heteroatoms. The van der Waals surface area contributed by atoms with Crippen molar-refractivity contribution in [1.29, 1.82) is 0 Å². The van der Waals surface area contributed by atoms with Gasteiger partial charge in [-0.3, -0.25) is 9.59 Å². The fourth-order valence-electron chi connectivity index (χ4n) is 3.48. The molecule has 2 rings (SSSR count). The zero-order chi connectivity index (χ0) is 20.7. The Balaban J connectivity index is 0.00000420. The summed E-state index contributed by atoms with van der Waals surface area (Å²) in [6, 6.07) is 7.94. The van der Waals surface area contributed by atoms with Gasteiger partial charge >= 0.3 is 0 Å². The van der Waals surface area contributed by atoms with Crippen LogP contribution in [0.1, 0.15) is 58.9 Å². The highest BCUT2D eigenvalue weighted by molar-refractivity contribution is 5.85. The van der Waals surface area contributed by atoms with Crippen molar-refractivity contribution in [2.75, 3.05) is 19.6 Å². The SMILES string of the molecule is CC(Oc1cccc(C(C)(C)C)c1)C(=O)N1CCCCC1CNC(=O)CCN.Cl. The third-order valence-electron chi connectivity index (χ3n) is 5.18. The Labute approximate surface area is 181 Å². The molecular formula is C22H36ClN3O3. The van der Waals surface area contributed by atoms with E-state index in [0.717, 1.165) is 19.3 Å². The van der Waals surface area contributed by atoms with Gasteiger partial charge in [0.25, 0.3) is 5.91 Å². The fourth-order valence-corrected chi connectivity index (χ4v) is 3.48. The number of hydrogen-bond acceptors (Lipinski definition) is 4. The van der Waals surface area contributed by atoms with Gasteiger partial charge in [0.05, 0.1) is 0 Å². The number of nitrogens with two attached hydrogens (primary N) is 1. The number of hydrogen-bond donors (Lipinski definition) is 2. The number of rotatable bonds is 7. The van der Waals surface area contributed by atoms with Gasteiger partial charge in [-0.15, -0.1) is 12.4 Å².